The Balaban J connectivity index is 0.00000324. The lowest BCUT2D eigenvalue weighted by Crippen LogP contribution is -2.53. The molecule has 0 amide bonds. The van der Waals surface area contributed by atoms with E-state index in [9.17, 15) is 0 Å². The van der Waals surface area contributed by atoms with Crippen molar-refractivity contribution in [3.8, 4) is 0 Å². The molecule has 0 aliphatic carbocycles. The van der Waals surface area contributed by atoms with Crippen LogP contribution in [-0.2, 0) is 0 Å². The summed E-state index contributed by atoms with van der Waals surface area (Å²) in [5, 5.41) is 7.08. The molecule has 0 saturated carbocycles. The number of hydrazine groups is 2. The van der Waals surface area contributed by atoms with Crippen LogP contribution in [-0.4, -0.2) is 36.2 Å². The summed E-state index contributed by atoms with van der Waals surface area (Å²) in [5.41, 5.74) is 2.60. The van der Waals surface area contributed by atoms with Crippen molar-refractivity contribution in [1.29, 1.82) is 0 Å². The Morgan fingerprint density at radius 1 is 0.789 bits per heavy atom. The number of benzene rings is 1. The minimum atomic E-state index is 0. The smallest absolute Gasteiger partial charge is 0.0736 e. The summed E-state index contributed by atoms with van der Waals surface area (Å²) in [6.07, 6.45) is 0. The molecule has 0 bridgehead atoms. The van der Waals surface area contributed by atoms with Gasteiger partial charge in [-0.3, -0.25) is 0 Å². The summed E-state index contributed by atoms with van der Waals surface area (Å²) in [7, 11) is 0. The van der Waals surface area contributed by atoms with Crippen LogP contribution >= 0.6 is 12.4 Å². The summed E-state index contributed by atoms with van der Waals surface area (Å²) in [5.74, 6) is 0. The van der Waals surface area contributed by atoms with Gasteiger partial charge in [0.05, 0.1) is 5.69 Å². The average Bonchev–Trinajstić information content (AvgIpc) is 2.40. The Morgan fingerprint density at radius 2 is 1.21 bits per heavy atom. The van der Waals surface area contributed by atoms with E-state index in [1.165, 1.54) is 11.3 Å². The first-order valence-electron chi connectivity index (χ1n) is 7.04. The van der Waals surface area contributed by atoms with Gasteiger partial charge in [0, 0.05) is 26.2 Å². The van der Waals surface area contributed by atoms with Crippen LogP contribution in [0, 0.1) is 6.92 Å². The van der Waals surface area contributed by atoms with E-state index in [4.69, 9.17) is 0 Å². The van der Waals surface area contributed by atoms with Gasteiger partial charge >= 0.3 is 0 Å². The molecule has 1 aromatic rings. The summed E-state index contributed by atoms with van der Waals surface area (Å²) in [4.78, 5) is 0. The molecule has 0 N–H and O–H groups in total. The lowest BCUT2D eigenvalue weighted by Gasteiger charge is -2.43. The number of anilines is 1. The highest BCUT2D eigenvalue weighted by molar-refractivity contribution is 5.85. The molecule has 0 fully saturated rings. The molecular weight excluding hydrogens is 258 g/mol. The van der Waals surface area contributed by atoms with Gasteiger partial charge in [-0.25, -0.2) is 15.1 Å². The molecule has 3 nitrogen and oxygen atoms in total. The summed E-state index contributed by atoms with van der Waals surface area (Å²) >= 11 is 0. The quantitative estimate of drug-likeness (QED) is 0.707. The highest BCUT2D eigenvalue weighted by Crippen LogP contribution is 2.23. The molecule has 4 heteroatoms. The van der Waals surface area contributed by atoms with Crippen molar-refractivity contribution in [1.82, 2.24) is 10.0 Å². The van der Waals surface area contributed by atoms with E-state index in [0.717, 1.165) is 26.2 Å². The maximum Gasteiger partial charge on any atom is 0.0736 e. The number of aryl methyl sites for hydroxylation is 1. The monoisotopic (exact) mass is 285 g/mol. The van der Waals surface area contributed by atoms with Gasteiger partial charge in [-0.2, -0.15) is 0 Å². The van der Waals surface area contributed by atoms with Crippen LogP contribution in [0.3, 0.4) is 0 Å². The Bertz CT molecular complexity index is 337. The third-order valence-corrected chi connectivity index (χ3v) is 3.33. The zero-order chi connectivity index (χ0) is 13.5. The molecule has 0 unspecified atom stereocenters. The Kier molecular flexibility index (Phi) is 8.81. The molecule has 1 rings (SSSR count). The first-order chi connectivity index (χ1) is 8.69. The maximum absolute atomic E-state index is 2.37. The molecule has 0 aliphatic heterocycles. The Hall–Kier alpha value is -0.770. The van der Waals surface area contributed by atoms with Crippen molar-refractivity contribution in [3.05, 3.63) is 29.8 Å². The number of rotatable bonds is 7. The van der Waals surface area contributed by atoms with Crippen molar-refractivity contribution in [2.75, 3.05) is 31.3 Å². The SMILES string of the molecule is CCN(CC)N(c1ccccc1C)N(CC)CC.Cl. The lowest BCUT2D eigenvalue weighted by molar-refractivity contribution is 0.114. The Labute approximate surface area is 124 Å². The highest BCUT2D eigenvalue weighted by Gasteiger charge is 2.20. The normalized spacial score (nSPS) is 10.7. The molecule has 0 saturated heterocycles. The van der Waals surface area contributed by atoms with Gasteiger partial charge in [0.25, 0.3) is 0 Å². The first kappa shape index (κ1) is 18.2. The van der Waals surface area contributed by atoms with Crippen molar-refractivity contribution in [2.24, 2.45) is 0 Å². The van der Waals surface area contributed by atoms with E-state index < -0.39 is 0 Å². The summed E-state index contributed by atoms with van der Waals surface area (Å²) in [6, 6.07) is 8.59. The molecule has 0 heterocycles. The topological polar surface area (TPSA) is 9.72 Å². The third kappa shape index (κ3) is 4.37. The van der Waals surface area contributed by atoms with Gasteiger partial charge < -0.3 is 0 Å². The van der Waals surface area contributed by atoms with Crippen molar-refractivity contribution < 1.29 is 0 Å². The molecule has 19 heavy (non-hydrogen) atoms. The van der Waals surface area contributed by atoms with E-state index in [1.54, 1.807) is 0 Å². The van der Waals surface area contributed by atoms with E-state index in [-0.39, 0.29) is 12.4 Å². The van der Waals surface area contributed by atoms with Crippen LogP contribution < -0.4 is 5.12 Å². The Morgan fingerprint density at radius 3 is 1.58 bits per heavy atom. The molecule has 0 aromatic heterocycles. The van der Waals surface area contributed by atoms with E-state index in [1.807, 2.05) is 0 Å². The van der Waals surface area contributed by atoms with E-state index in [0.29, 0.717) is 0 Å². The second-order valence-electron chi connectivity index (χ2n) is 4.35. The van der Waals surface area contributed by atoms with Gasteiger partial charge in [0.1, 0.15) is 0 Å². The number of para-hydroxylation sites is 1. The lowest BCUT2D eigenvalue weighted by atomic mass is 10.2. The van der Waals surface area contributed by atoms with Gasteiger partial charge in [-0.05, 0) is 18.6 Å². The zero-order valence-electron chi connectivity index (χ0n) is 12.9. The number of halogens is 1. The summed E-state index contributed by atoms with van der Waals surface area (Å²) in [6.45, 7) is 15.1. The molecule has 0 aliphatic rings. The van der Waals surface area contributed by atoms with E-state index >= 15 is 0 Å². The zero-order valence-corrected chi connectivity index (χ0v) is 13.7. The second-order valence-corrected chi connectivity index (χ2v) is 4.35. The molecule has 0 atom stereocenters. The van der Waals surface area contributed by atoms with Crippen molar-refractivity contribution in [3.63, 3.8) is 0 Å². The van der Waals surface area contributed by atoms with Crippen LogP contribution in [0.2, 0.25) is 0 Å². The van der Waals surface area contributed by atoms with Gasteiger partial charge in [-0.1, -0.05) is 45.9 Å². The highest BCUT2D eigenvalue weighted by atomic mass is 35.5. The molecule has 1 aromatic carbocycles. The van der Waals surface area contributed by atoms with Crippen LogP contribution in [0.15, 0.2) is 24.3 Å². The van der Waals surface area contributed by atoms with Gasteiger partial charge in [0.15, 0.2) is 0 Å². The third-order valence-electron chi connectivity index (χ3n) is 3.33. The standard InChI is InChI=1S/C15H27N3.ClH/c1-6-16(7-2)18(17(8-3)9-4)15-13-11-10-12-14(15)5;/h10-13H,6-9H2,1-5H3;1H. The minimum Gasteiger partial charge on any atom is -0.236 e. The van der Waals surface area contributed by atoms with Crippen molar-refractivity contribution in [2.45, 2.75) is 34.6 Å². The summed E-state index contributed by atoms with van der Waals surface area (Å²) < 4.78 is 0. The number of nitrogens with zero attached hydrogens (tertiary/aromatic N) is 3. The molecular formula is C15H28ClN3. The fraction of sp³-hybridized carbons (Fsp3) is 0.600. The molecule has 110 valence electrons. The number of hydrogen-bond acceptors (Lipinski definition) is 3. The fourth-order valence-corrected chi connectivity index (χ4v) is 2.25. The van der Waals surface area contributed by atoms with Crippen LogP contribution in [0.5, 0.6) is 0 Å². The first-order valence-corrected chi connectivity index (χ1v) is 7.04. The fourth-order valence-electron chi connectivity index (χ4n) is 2.25. The molecule has 0 radical (unpaired) electrons. The molecule has 0 spiro atoms. The minimum absolute atomic E-state index is 0. The largest absolute Gasteiger partial charge is 0.236 e. The van der Waals surface area contributed by atoms with E-state index in [2.05, 4.69) is 74.0 Å². The van der Waals surface area contributed by atoms with Gasteiger partial charge in [-0.15, -0.1) is 12.4 Å². The van der Waals surface area contributed by atoms with Crippen molar-refractivity contribution >= 4 is 18.1 Å². The number of hydrogen-bond donors (Lipinski definition) is 0. The van der Waals surface area contributed by atoms with Crippen LogP contribution in [0.25, 0.3) is 0 Å². The van der Waals surface area contributed by atoms with Gasteiger partial charge in [0.2, 0.25) is 0 Å². The second kappa shape index (κ2) is 9.18. The van der Waals surface area contributed by atoms with Crippen LogP contribution in [0.4, 0.5) is 5.69 Å². The predicted molar refractivity (Wildman–Crippen MR) is 86.7 cm³/mol. The van der Waals surface area contributed by atoms with Crippen LogP contribution in [0.1, 0.15) is 33.3 Å². The maximum atomic E-state index is 2.37. The average molecular weight is 286 g/mol. The predicted octanol–water partition coefficient (Wildman–Crippen LogP) is 3.74.